The van der Waals surface area contributed by atoms with Crippen LogP contribution >= 0.6 is 11.3 Å². The van der Waals surface area contributed by atoms with E-state index in [1.165, 1.54) is 10.4 Å². The van der Waals surface area contributed by atoms with E-state index < -0.39 is 6.10 Å². The van der Waals surface area contributed by atoms with Crippen molar-refractivity contribution in [2.45, 2.75) is 31.9 Å². The standard InChI is InChI=1S/C29H34N2O3S/c1-3-14-30(19-24(32)18-23-9-5-4-6-10-23)20-29(33)31-15-12-28-26(13-16-35-28)27(31)21-34-25-11-7-8-22(2)17-25/h3-11,13,16-17,24,27,32H,1,12,14-15,18-21H2,2H3/t24-,27-/m1/s1. The second-order valence-corrected chi connectivity index (χ2v) is 10.1. The fourth-order valence-corrected chi connectivity index (χ4v) is 5.60. The van der Waals surface area contributed by atoms with Gasteiger partial charge in [-0.3, -0.25) is 9.69 Å². The van der Waals surface area contributed by atoms with Crippen LogP contribution in [0.3, 0.4) is 0 Å². The number of hydrogen-bond acceptors (Lipinski definition) is 5. The number of thiophene rings is 1. The second-order valence-electron chi connectivity index (χ2n) is 9.11. The first-order valence-electron chi connectivity index (χ1n) is 12.1. The van der Waals surface area contributed by atoms with E-state index in [0.717, 1.165) is 23.3 Å². The number of amides is 1. The third-order valence-electron chi connectivity index (χ3n) is 6.34. The summed E-state index contributed by atoms with van der Waals surface area (Å²) in [6, 6.07) is 19.9. The molecule has 0 spiro atoms. The molecular formula is C29H34N2O3S. The Bertz CT molecular complexity index is 1110. The van der Waals surface area contributed by atoms with Crippen LogP contribution in [0, 0.1) is 6.92 Å². The molecule has 1 aliphatic heterocycles. The lowest BCUT2D eigenvalue weighted by Gasteiger charge is -2.37. The van der Waals surface area contributed by atoms with Gasteiger partial charge in [0.2, 0.25) is 5.91 Å². The summed E-state index contributed by atoms with van der Waals surface area (Å²) in [4.78, 5) is 18.8. The summed E-state index contributed by atoms with van der Waals surface area (Å²) >= 11 is 1.75. The molecule has 0 saturated heterocycles. The average Bonchev–Trinajstić information content (AvgIpc) is 3.32. The van der Waals surface area contributed by atoms with Gasteiger partial charge in [-0.2, -0.15) is 0 Å². The average molecular weight is 491 g/mol. The van der Waals surface area contributed by atoms with Crippen molar-refractivity contribution >= 4 is 17.2 Å². The predicted molar refractivity (Wildman–Crippen MR) is 142 cm³/mol. The molecule has 35 heavy (non-hydrogen) atoms. The fourth-order valence-electron chi connectivity index (χ4n) is 4.67. The zero-order valence-corrected chi connectivity index (χ0v) is 21.1. The van der Waals surface area contributed by atoms with Crippen LogP contribution < -0.4 is 4.74 Å². The molecule has 6 heteroatoms. The molecule has 1 aliphatic rings. The van der Waals surface area contributed by atoms with Crippen molar-refractivity contribution in [2.75, 3.05) is 32.8 Å². The van der Waals surface area contributed by atoms with E-state index in [1.54, 1.807) is 17.4 Å². The van der Waals surface area contributed by atoms with E-state index in [4.69, 9.17) is 4.74 Å². The normalized spacial score (nSPS) is 16.1. The number of carbonyl (C=O) groups is 1. The number of aliphatic hydroxyl groups excluding tert-OH is 1. The van der Waals surface area contributed by atoms with Crippen LogP contribution in [0.4, 0.5) is 0 Å². The number of aliphatic hydroxyl groups is 1. The summed E-state index contributed by atoms with van der Waals surface area (Å²) in [5, 5.41) is 12.8. The van der Waals surface area contributed by atoms with Crippen molar-refractivity contribution in [3.8, 4) is 5.75 Å². The van der Waals surface area contributed by atoms with Crippen molar-refractivity contribution in [1.29, 1.82) is 0 Å². The van der Waals surface area contributed by atoms with Crippen molar-refractivity contribution in [3.05, 3.63) is 100 Å². The first kappa shape index (κ1) is 25.2. The highest BCUT2D eigenvalue weighted by Crippen LogP contribution is 2.34. The Kier molecular flexibility index (Phi) is 8.74. The van der Waals surface area contributed by atoms with Gasteiger partial charge in [-0.1, -0.05) is 48.5 Å². The third-order valence-corrected chi connectivity index (χ3v) is 7.34. The van der Waals surface area contributed by atoms with Gasteiger partial charge in [0, 0.05) is 24.5 Å². The van der Waals surface area contributed by atoms with Gasteiger partial charge in [-0.25, -0.2) is 0 Å². The molecule has 2 atom stereocenters. The van der Waals surface area contributed by atoms with Crippen molar-refractivity contribution in [3.63, 3.8) is 0 Å². The summed E-state index contributed by atoms with van der Waals surface area (Å²) in [6.45, 7) is 8.17. The lowest BCUT2D eigenvalue weighted by Crippen LogP contribution is -2.48. The van der Waals surface area contributed by atoms with Gasteiger partial charge in [-0.15, -0.1) is 17.9 Å². The quantitative estimate of drug-likeness (QED) is 0.398. The van der Waals surface area contributed by atoms with Crippen molar-refractivity contribution < 1.29 is 14.6 Å². The first-order valence-corrected chi connectivity index (χ1v) is 13.0. The van der Waals surface area contributed by atoms with Gasteiger partial charge in [0.1, 0.15) is 12.4 Å². The molecule has 0 unspecified atom stereocenters. The molecule has 2 heterocycles. The Hall–Kier alpha value is -2.93. The minimum absolute atomic E-state index is 0.0495. The molecule has 0 aliphatic carbocycles. The van der Waals surface area contributed by atoms with Crippen LogP contribution in [-0.2, 0) is 17.6 Å². The molecule has 2 aromatic carbocycles. The van der Waals surface area contributed by atoms with Gasteiger partial charge >= 0.3 is 0 Å². The molecular weight excluding hydrogens is 456 g/mol. The van der Waals surface area contributed by atoms with E-state index in [2.05, 4.69) is 18.0 Å². The number of nitrogens with zero attached hydrogens (tertiary/aromatic N) is 2. The van der Waals surface area contributed by atoms with E-state index in [1.807, 2.05) is 71.3 Å². The predicted octanol–water partition coefficient (Wildman–Crippen LogP) is 4.65. The summed E-state index contributed by atoms with van der Waals surface area (Å²) in [7, 11) is 0. The Balaban J connectivity index is 1.43. The highest BCUT2D eigenvalue weighted by molar-refractivity contribution is 7.10. The Labute approximate surface area is 212 Å². The van der Waals surface area contributed by atoms with Gasteiger partial charge in [0.15, 0.2) is 0 Å². The third kappa shape index (κ3) is 6.82. The number of rotatable bonds is 11. The summed E-state index contributed by atoms with van der Waals surface area (Å²) in [5.74, 6) is 0.866. The lowest BCUT2D eigenvalue weighted by molar-refractivity contribution is -0.136. The smallest absolute Gasteiger partial charge is 0.237 e. The molecule has 5 nitrogen and oxygen atoms in total. The van der Waals surface area contributed by atoms with Gasteiger partial charge in [-0.05, 0) is 60.0 Å². The molecule has 0 radical (unpaired) electrons. The Morgan fingerprint density at radius 2 is 2.09 bits per heavy atom. The highest BCUT2D eigenvalue weighted by atomic mass is 32.1. The van der Waals surface area contributed by atoms with E-state index >= 15 is 0 Å². The lowest BCUT2D eigenvalue weighted by atomic mass is 10.00. The monoisotopic (exact) mass is 490 g/mol. The molecule has 1 N–H and O–H groups in total. The van der Waals surface area contributed by atoms with E-state index in [9.17, 15) is 9.90 Å². The molecule has 1 amide bonds. The molecule has 4 rings (SSSR count). The minimum Gasteiger partial charge on any atom is -0.491 e. The molecule has 0 saturated carbocycles. The molecule has 184 valence electrons. The van der Waals surface area contributed by atoms with Crippen LogP contribution in [0.25, 0.3) is 0 Å². The minimum atomic E-state index is -0.560. The van der Waals surface area contributed by atoms with Gasteiger partial charge in [0.05, 0.1) is 18.7 Å². The summed E-state index contributed by atoms with van der Waals surface area (Å²) < 4.78 is 6.16. The topological polar surface area (TPSA) is 53.0 Å². The zero-order valence-electron chi connectivity index (χ0n) is 20.3. The maximum absolute atomic E-state index is 13.5. The number of ether oxygens (including phenoxy) is 1. The van der Waals surface area contributed by atoms with Crippen molar-refractivity contribution in [2.24, 2.45) is 0 Å². The number of carbonyl (C=O) groups excluding carboxylic acids is 1. The van der Waals surface area contributed by atoms with E-state index in [0.29, 0.717) is 32.7 Å². The second kappa shape index (κ2) is 12.2. The molecule has 3 aromatic rings. The number of fused-ring (bicyclic) bond motifs is 1. The number of benzene rings is 2. The van der Waals surface area contributed by atoms with E-state index in [-0.39, 0.29) is 18.5 Å². The summed E-state index contributed by atoms with van der Waals surface area (Å²) in [6.07, 6.45) is 2.64. The number of aryl methyl sites for hydroxylation is 1. The molecule has 0 bridgehead atoms. The summed E-state index contributed by atoms with van der Waals surface area (Å²) in [5.41, 5.74) is 3.41. The van der Waals surface area contributed by atoms with Crippen LogP contribution in [0.1, 0.15) is 27.6 Å². The van der Waals surface area contributed by atoms with Crippen LogP contribution in [0.5, 0.6) is 5.75 Å². The molecule has 1 aromatic heterocycles. The maximum atomic E-state index is 13.5. The Morgan fingerprint density at radius 3 is 2.86 bits per heavy atom. The number of hydrogen-bond donors (Lipinski definition) is 1. The largest absolute Gasteiger partial charge is 0.491 e. The maximum Gasteiger partial charge on any atom is 0.237 e. The zero-order chi connectivity index (χ0) is 24.6. The Morgan fingerprint density at radius 1 is 1.26 bits per heavy atom. The highest BCUT2D eigenvalue weighted by Gasteiger charge is 2.33. The van der Waals surface area contributed by atoms with Crippen LogP contribution in [0.2, 0.25) is 0 Å². The van der Waals surface area contributed by atoms with Gasteiger partial charge in [0.25, 0.3) is 0 Å². The molecule has 0 fully saturated rings. The fraction of sp³-hybridized carbons (Fsp3) is 0.345. The van der Waals surface area contributed by atoms with Crippen LogP contribution in [0.15, 0.2) is 78.7 Å². The SMILES string of the molecule is C=CCN(CC(=O)N1CCc2sccc2[C@H]1COc1cccc(C)c1)C[C@H](O)Cc1ccccc1. The van der Waals surface area contributed by atoms with Crippen molar-refractivity contribution in [1.82, 2.24) is 9.80 Å². The van der Waals surface area contributed by atoms with Crippen LogP contribution in [-0.4, -0.2) is 59.7 Å². The first-order chi connectivity index (χ1) is 17.0. The van der Waals surface area contributed by atoms with Gasteiger partial charge < -0.3 is 14.7 Å².